The van der Waals surface area contributed by atoms with Crippen LogP contribution in [0.5, 0.6) is 0 Å². The van der Waals surface area contributed by atoms with Crippen molar-refractivity contribution in [1.29, 1.82) is 0 Å². The van der Waals surface area contributed by atoms with Crippen LogP contribution in [0.1, 0.15) is 17.9 Å². The summed E-state index contributed by atoms with van der Waals surface area (Å²) in [6, 6.07) is 7.86. The van der Waals surface area contributed by atoms with Crippen molar-refractivity contribution in [3.05, 3.63) is 45.6 Å². The predicted molar refractivity (Wildman–Crippen MR) is 65.2 cm³/mol. The van der Waals surface area contributed by atoms with E-state index in [1.165, 1.54) is 5.56 Å². The first-order valence-corrected chi connectivity index (χ1v) is 5.81. The number of halogens is 1. The van der Waals surface area contributed by atoms with Crippen molar-refractivity contribution in [2.45, 2.75) is 19.3 Å². The van der Waals surface area contributed by atoms with Crippen LogP contribution in [-0.4, -0.2) is 10.2 Å². The lowest BCUT2D eigenvalue weighted by Crippen LogP contribution is -1.90. The summed E-state index contributed by atoms with van der Waals surface area (Å²) in [5.74, 6) is 0.666. The Bertz CT molecular complexity index is 503. The first kappa shape index (κ1) is 11.4. The molecule has 1 aromatic heterocycles. The Hall–Kier alpha value is -1.13. The van der Waals surface area contributed by atoms with Crippen LogP contribution in [0.4, 0.5) is 0 Å². The summed E-state index contributed by atoms with van der Waals surface area (Å²) in [6.45, 7) is 0. The van der Waals surface area contributed by atoms with Gasteiger partial charge in [0, 0.05) is 11.4 Å². The molecule has 0 spiro atoms. The van der Waals surface area contributed by atoms with Crippen LogP contribution < -0.4 is 0 Å². The molecule has 5 heteroatoms. The molecule has 2 aromatic rings. The minimum absolute atomic E-state index is 0.335. The van der Waals surface area contributed by atoms with E-state index < -0.39 is 0 Å². The molecule has 0 aliphatic heterocycles. The van der Waals surface area contributed by atoms with Gasteiger partial charge in [0.05, 0.1) is 0 Å². The normalized spacial score (nSPS) is 10.6. The standard InChI is InChI=1S/C11H11ClN2OS/c12-9-6-4-8(5-7-9)2-1-3-10-13-14-11(16)15-10/h4-7H,1-3H2,(H,14,16). The number of nitrogens with one attached hydrogen (secondary N) is 1. The number of benzene rings is 1. The highest BCUT2D eigenvalue weighted by atomic mass is 35.5. The highest BCUT2D eigenvalue weighted by Gasteiger charge is 2.00. The van der Waals surface area contributed by atoms with Crippen LogP contribution in [0, 0.1) is 4.84 Å². The van der Waals surface area contributed by atoms with Gasteiger partial charge in [0.25, 0.3) is 4.84 Å². The molecule has 1 aromatic carbocycles. The minimum atomic E-state index is 0.335. The number of hydrogen-bond donors (Lipinski definition) is 1. The van der Waals surface area contributed by atoms with E-state index in [2.05, 4.69) is 10.2 Å². The SMILES string of the molecule is S=c1[nH]nc(CCCc2ccc(Cl)cc2)o1. The Labute approximate surface area is 103 Å². The maximum Gasteiger partial charge on any atom is 0.284 e. The van der Waals surface area contributed by atoms with Crippen LogP contribution in [0.3, 0.4) is 0 Å². The Morgan fingerprint density at radius 3 is 2.62 bits per heavy atom. The number of nitrogens with zero attached hydrogens (tertiary/aromatic N) is 1. The maximum absolute atomic E-state index is 5.80. The second-order valence-electron chi connectivity index (χ2n) is 3.49. The van der Waals surface area contributed by atoms with Crippen LogP contribution in [-0.2, 0) is 12.8 Å². The van der Waals surface area contributed by atoms with Crippen molar-refractivity contribution < 1.29 is 4.42 Å². The molecule has 1 heterocycles. The number of aromatic amines is 1. The molecule has 0 atom stereocenters. The van der Waals surface area contributed by atoms with E-state index in [9.17, 15) is 0 Å². The third kappa shape index (κ3) is 3.18. The predicted octanol–water partition coefficient (Wildman–Crippen LogP) is 3.56. The quantitative estimate of drug-likeness (QED) is 0.849. The van der Waals surface area contributed by atoms with Crippen molar-refractivity contribution in [3.8, 4) is 0 Å². The van der Waals surface area contributed by atoms with E-state index in [1.807, 2.05) is 24.3 Å². The fourth-order valence-electron chi connectivity index (χ4n) is 1.46. The Kier molecular flexibility index (Phi) is 3.74. The highest BCUT2D eigenvalue weighted by Crippen LogP contribution is 2.12. The van der Waals surface area contributed by atoms with E-state index in [1.54, 1.807) is 0 Å². The average Bonchev–Trinajstić information content (AvgIpc) is 2.67. The summed E-state index contributed by atoms with van der Waals surface area (Å²) in [4.78, 5) is 0.335. The fraction of sp³-hybridized carbons (Fsp3) is 0.273. The van der Waals surface area contributed by atoms with Gasteiger partial charge >= 0.3 is 0 Å². The maximum atomic E-state index is 5.80. The average molecular weight is 255 g/mol. The van der Waals surface area contributed by atoms with Gasteiger partial charge in [-0.15, -0.1) is 5.10 Å². The zero-order valence-electron chi connectivity index (χ0n) is 8.57. The van der Waals surface area contributed by atoms with Gasteiger partial charge in [0.2, 0.25) is 5.89 Å². The van der Waals surface area contributed by atoms with E-state index >= 15 is 0 Å². The third-order valence-electron chi connectivity index (χ3n) is 2.25. The molecule has 0 aliphatic rings. The van der Waals surface area contributed by atoms with Crippen LogP contribution in [0.15, 0.2) is 28.7 Å². The van der Waals surface area contributed by atoms with Gasteiger partial charge in [-0.25, -0.2) is 5.10 Å². The summed E-state index contributed by atoms with van der Waals surface area (Å²) in [5, 5.41) is 7.32. The molecule has 0 unspecified atom stereocenters. The molecule has 3 nitrogen and oxygen atoms in total. The zero-order valence-corrected chi connectivity index (χ0v) is 10.1. The Balaban J connectivity index is 1.84. The monoisotopic (exact) mass is 254 g/mol. The fourth-order valence-corrected chi connectivity index (χ4v) is 1.73. The van der Waals surface area contributed by atoms with E-state index in [-0.39, 0.29) is 0 Å². The van der Waals surface area contributed by atoms with E-state index in [0.717, 1.165) is 24.3 Å². The topological polar surface area (TPSA) is 41.8 Å². The molecule has 84 valence electrons. The summed E-state index contributed by atoms with van der Waals surface area (Å²) < 4.78 is 5.17. The first-order valence-electron chi connectivity index (χ1n) is 5.03. The van der Waals surface area contributed by atoms with Crippen LogP contribution >= 0.6 is 23.8 Å². The van der Waals surface area contributed by atoms with Gasteiger partial charge in [-0.05, 0) is 42.8 Å². The van der Waals surface area contributed by atoms with Crippen LogP contribution in [0.2, 0.25) is 5.02 Å². The second kappa shape index (κ2) is 5.27. The molecule has 2 rings (SSSR count). The number of H-pyrrole nitrogens is 1. The molecule has 0 bridgehead atoms. The molecule has 0 fully saturated rings. The largest absolute Gasteiger partial charge is 0.414 e. The number of aryl methyl sites for hydroxylation is 2. The van der Waals surface area contributed by atoms with Gasteiger partial charge in [-0.3, -0.25) is 0 Å². The summed E-state index contributed by atoms with van der Waals surface area (Å²) >= 11 is 10.6. The highest BCUT2D eigenvalue weighted by molar-refractivity contribution is 7.71. The zero-order chi connectivity index (χ0) is 11.4. The van der Waals surface area contributed by atoms with Crippen molar-refractivity contribution in [1.82, 2.24) is 10.2 Å². The molecule has 16 heavy (non-hydrogen) atoms. The number of hydrogen-bond acceptors (Lipinski definition) is 3. The lowest BCUT2D eigenvalue weighted by molar-refractivity contribution is 0.474. The van der Waals surface area contributed by atoms with Gasteiger partial charge in [0.1, 0.15) is 0 Å². The molecule has 0 radical (unpaired) electrons. The van der Waals surface area contributed by atoms with Crippen LogP contribution in [0.25, 0.3) is 0 Å². The first-order chi connectivity index (χ1) is 7.74. The molecular formula is C11H11ClN2OS. The van der Waals surface area contributed by atoms with Gasteiger partial charge < -0.3 is 4.42 Å². The lowest BCUT2D eigenvalue weighted by atomic mass is 10.1. The van der Waals surface area contributed by atoms with Crippen molar-refractivity contribution in [2.75, 3.05) is 0 Å². The summed E-state index contributed by atoms with van der Waals surface area (Å²) in [6.07, 6.45) is 2.74. The van der Waals surface area contributed by atoms with Gasteiger partial charge in [-0.1, -0.05) is 23.7 Å². The van der Waals surface area contributed by atoms with Gasteiger partial charge in [0.15, 0.2) is 0 Å². The molecule has 1 N–H and O–H groups in total. The molecule has 0 aliphatic carbocycles. The summed E-state index contributed by atoms with van der Waals surface area (Å²) in [7, 11) is 0. The number of rotatable bonds is 4. The minimum Gasteiger partial charge on any atom is -0.414 e. The molecule has 0 saturated heterocycles. The number of aromatic nitrogens is 2. The second-order valence-corrected chi connectivity index (χ2v) is 4.29. The van der Waals surface area contributed by atoms with Crippen molar-refractivity contribution >= 4 is 23.8 Å². The summed E-state index contributed by atoms with van der Waals surface area (Å²) in [5.41, 5.74) is 1.26. The Morgan fingerprint density at radius 1 is 1.25 bits per heavy atom. The van der Waals surface area contributed by atoms with Crippen molar-refractivity contribution in [2.24, 2.45) is 0 Å². The molecular weight excluding hydrogens is 244 g/mol. The Morgan fingerprint density at radius 2 is 2.00 bits per heavy atom. The lowest BCUT2D eigenvalue weighted by Gasteiger charge is -1.99. The van der Waals surface area contributed by atoms with Gasteiger partial charge in [-0.2, -0.15) is 0 Å². The molecule has 0 amide bonds. The third-order valence-corrected chi connectivity index (χ3v) is 2.68. The van der Waals surface area contributed by atoms with E-state index in [4.69, 9.17) is 28.2 Å². The van der Waals surface area contributed by atoms with E-state index in [0.29, 0.717) is 10.7 Å². The molecule has 0 saturated carbocycles. The van der Waals surface area contributed by atoms with Crippen molar-refractivity contribution in [3.63, 3.8) is 0 Å². The smallest absolute Gasteiger partial charge is 0.284 e.